The lowest BCUT2D eigenvalue weighted by molar-refractivity contribution is -0.114. The first-order valence-electron chi connectivity index (χ1n) is 6.76. The van der Waals surface area contributed by atoms with Crippen LogP contribution in [0.1, 0.15) is 22.8 Å². The van der Waals surface area contributed by atoms with Gasteiger partial charge in [0.2, 0.25) is 5.91 Å². The van der Waals surface area contributed by atoms with Crippen molar-refractivity contribution in [2.45, 2.75) is 13.5 Å². The van der Waals surface area contributed by atoms with Gasteiger partial charge in [-0.05, 0) is 42.0 Å². The van der Waals surface area contributed by atoms with E-state index in [0.717, 1.165) is 5.56 Å². The summed E-state index contributed by atoms with van der Waals surface area (Å²) in [7, 11) is 1.35. The molecule has 0 heterocycles. The normalized spacial score (nSPS) is 9.91. The summed E-state index contributed by atoms with van der Waals surface area (Å²) >= 11 is 0. The lowest BCUT2D eigenvalue weighted by Crippen LogP contribution is -2.05. The van der Waals surface area contributed by atoms with Gasteiger partial charge < -0.3 is 14.8 Å². The van der Waals surface area contributed by atoms with Crippen LogP contribution in [0.15, 0.2) is 48.5 Å². The largest absolute Gasteiger partial charge is 0.489 e. The average molecular weight is 299 g/mol. The molecule has 22 heavy (non-hydrogen) atoms. The van der Waals surface area contributed by atoms with Gasteiger partial charge in [0, 0.05) is 12.6 Å². The lowest BCUT2D eigenvalue weighted by atomic mass is 10.1. The fraction of sp³-hybridized carbons (Fsp3) is 0.176. The minimum Gasteiger partial charge on any atom is -0.489 e. The fourth-order valence-corrected chi connectivity index (χ4v) is 1.91. The van der Waals surface area contributed by atoms with Crippen molar-refractivity contribution >= 4 is 17.6 Å². The average Bonchev–Trinajstić information content (AvgIpc) is 2.53. The summed E-state index contributed by atoms with van der Waals surface area (Å²) in [6.07, 6.45) is 0. The first-order valence-corrected chi connectivity index (χ1v) is 6.76. The first kappa shape index (κ1) is 15.6. The molecule has 5 nitrogen and oxygen atoms in total. The Morgan fingerprint density at radius 3 is 2.45 bits per heavy atom. The quantitative estimate of drug-likeness (QED) is 0.862. The van der Waals surface area contributed by atoms with E-state index in [1.54, 1.807) is 42.5 Å². The Morgan fingerprint density at radius 1 is 1.09 bits per heavy atom. The summed E-state index contributed by atoms with van der Waals surface area (Å²) in [5.41, 5.74) is 2.07. The van der Waals surface area contributed by atoms with Crippen LogP contribution in [0.5, 0.6) is 5.75 Å². The molecular formula is C17H17NO4. The third-order valence-electron chi connectivity index (χ3n) is 2.93. The number of benzene rings is 2. The molecule has 0 aliphatic carbocycles. The molecule has 5 heteroatoms. The molecule has 114 valence electrons. The molecule has 0 spiro atoms. The maximum absolute atomic E-state index is 11.5. The number of carbonyl (C=O) groups is 2. The molecule has 0 atom stereocenters. The van der Waals surface area contributed by atoms with Gasteiger partial charge in [-0.3, -0.25) is 4.79 Å². The van der Waals surface area contributed by atoms with Crippen LogP contribution in [0.2, 0.25) is 0 Å². The van der Waals surface area contributed by atoms with Gasteiger partial charge in [0.1, 0.15) is 12.4 Å². The van der Waals surface area contributed by atoms with Gasteiger partial charge >= 0.3 is 5.97 Å². The molecule has 0 aliphatic rings. The highest BCUT2D eigenvalue weighted by Crippen LogP contribution is 2.17. The van der Waals surface area contributed by atoms with Crippen molar-refractivity contribution in [2.75, 3.05) is 12.4 Å². The predicted molar refractivity (Wildman–Crippen MR) is 82.9 cm³/mol. The molecule has 0 radical (unpaired) electrons. The third kappa shape index (κ3) is 4.34. The molecule has 1 N–H and O–H groups in total. The van der Waals surface area contributed by atoms with E-state index >= 15 is 0 Å². The van der Waals surface area contributed by atoms with Crippen LogP contribution in [0.25, 0.3) is 0 Å². The maximum Gasteiger partial charge on any atom is 0.337 e. The number of carbonyl (C=O) groups excluding carboxylic acids is 2. The van der Waals surface area contributed by atoms with Crippen molar-refractivity contribution in [3.63, 3.8) is 0 Å². The van der Waals surface area contributed by atoms with Crippen molar-refractivity contribution in [1.29, 1.82) is 0 Å². The maximum atomic E-state index is 11.5. The minimum atomic E-state index is -0.374. The monoisotopic (exact) mass is 299 g/mol. The van der Waals surface area contributed by atoms with E-state index in [1.807, 2.05) is 6.07 Å². The number of esters is 1. The van der Waals surface area contributed by atoms with Crippen molar-refractivity contribution in [3.8, 4) is 5.75 Å². The zero-order chi connectivity index (χ0) is 15.9. The Bertz CT molecular complexity index is 665. The second-order valence-electron chi connectivity index (χ2n) is 4.69. The van der Waals surface area contributed by atoms with Gasteiger partial charge in [0.05, 0.1) is 12.7 Å². The van der Waals surface area contributed by atoms with E-state index in [0.29, 0.717) is 23.6 Å². The zero-order valence-corrected chi connectivity index (χ0v) is 12.5. The molecule has 0 aromatic heterocycles. The molecule has 1 amide bonds. The molecule has 2 rings (SSSR count). The molecule has 0 fully saturated rings. The molecule has 0 saturated heterocycles. The summed E-state index contributed by atoms with van der Waals surface area (Å²) in [6, 6.07) is 14.2. The van der Waals surface area contributed by atoms with E-state index in [1.165, 1.54) is 14.0 Å². The molecule has 0 saturated carbocycles. The number of hydrogen-bond donors (Lipinski definition) is 1. The van der Waals surface area contributed by atoms with Gasteiger partial charge in [-0.1, -0.05) is 12.1 Å². The van der Waals surface area contributed by atoms with E-state index in [9.17, 15) is 9.59 Å². The minimum absolute atomic E-state index is 0.117. The van der Waals surface area contributed by atoms with Crippen molar-refractivity contribution in [2.24, 2.45) is 0 Å². The Balaban J connectivity index is 1.98. The number of ether oxygens (including phenoxy) is 2. The Hall–Kier alpha value is -2.82. The van der Waals surface area contributed by atoms with E-state index in [-0.39, 0.29) is 11.9 Å². The molecular weight excluding hydrogens is 282 g/mol. The van der Waals surface area contributed by atoms with Gasteiger partial charge in [0.15, 0.2) is 0 Å². The van der Waals surface area contributed by atoms with E-state index in [4.69, 9.17) is 4.74 Å². The molecule has 0 bridgehead atoms. The van der Waals surface area contributed by atoms with Crippen molar-refractivity contribution in [1.82, 2.24) is 0 Å². The second-order valence-corrected chi connectivity index (χ2v) is 4.69. The van der Waals surface area contributed by atoms with Crippen LogP contribution in [-0.4, -0.2) is 19.0 Å². The topological polar surface area (TPSA) is 64.6 Å². The summed E-state index contributed by atoms with van der Waals surface area (Å²) in [6.45, 7) is 1.79. The Labute approximate surface area is 128 Å². The third-order valence-corrected chi connectivity index (χ3v) is 2.93. The number of amides is 1. The van der Waals surface area contributed by atoms with Crippen molar-refractivity contribution in [3.05, 3.63) is 59.7 Å². The smallest absolute Gasteiger partial charge is 0.337 e. The predicted octanol–water partition coefficient (Wildman–Crippen LogP) is 3.01. The SMILES string of the molecule is COC(=O)c1cccc(COc2ccc(NC(C)=O)cc2)c1. The molecule has 2 aromatic carbocycles. The van der Waals surface area contributed by atoms with Crippen LogP contribution in [-0.2, 0) is 16.1 Å². The number of methoxy groups -OCH3 is 1. The van der Waals surface area contributed by atoms with E-state index in [2.05, 4.69) is 10.1 Å². The van der Waals surface area contributed by atoms with Gasteiger partial charge in [-0.15, -0.1) is 0 Å². The number of anilines is 1. The summed E-state index contributed by atoms with van der Waals surface area (Å²) in [4.78, 5) is 22.4. The van der Waals surface area contributed by atoms with Crippen LogP contribution >= 0.6 is 0 Å². The summed E-state index contributed by atoms with van der Waals surface area (Å²) in [5, 5.41) is 2.69. The lowest BCUT2D eigenvalue weighted by Gasteiger charge is -2.08. The highest BCUT2D eigenvalue weighted by atomic mass is 16.5. The number of hydrogen-bond acceptors (Lipinski definition) is 4. The highest BCUT2D eigenvalue weighted by Gasteiger charge is 2.06. The van der Waals surface area contributed by atoms with Crippen LogP contribution < -0.4 is 10.1 Å². The van der Waals surface area contributed by atoms with Crippen LogP contribution in [0, 0.1) is 0 Å². The Kier molecular flexibility index (Phi) is 5.14. The van der Waals surface area contributed by atoms with Crippen molar-refractivity contribution < 1.29 is 19.1 Å². The first-order chi connectivity index (χ1) is 10.6. The summed E-state index contributed by atoms with van der Waals surface area (Å²) < 4.78 is 10.3. The molecule has 0 unspecified atom stereocenters. The zero-order valence-electron chi connectivity index (χ0n) is 12.5. The number of nitrogens with one attached hydrogen (secondary N) is 1. The highest BCUT2D eigenvalue weighted by molar-refractivity contribution is 5.89. The molecule has 0 aliphatic heterocycles. The molecule has 2 aromatic rings. The Morgan fingerprint density at radius 2 is 1.82 bits per heavy atom. The van der Waals surface area contributed by atoms with Crippen LogP contribution in [0.4, 0.5) is 5.69 Å². The number of rotatable bonds is 5. The van der Waals surface area contributed by atoms with Gasteiger partial charge in [-0.25, -0.2) is 4.79 Å². The fourth-order valence-electron chi connectivity index (χ4n) is 1.91. The van der Waals surface area contributed by atoms with E-state index < -0.39 is 0 Å². The second kappa shape index (κ2) is 7.26. The summed E-state index contributed by atoms with van der Waals surface area (Å²) in [5.74, 6) is 0.187. The van der Waals surface area contributed by atoms with Gasteiger partial charge in [0.25, 0.3) is 0 Å². The van der Waals surface area contributed by atoms with Gasteiger partial charge in [-0.2, -0.15) is 0 Å². The standard InChI is InChI=1S/C17H17NO4/c1-12(19)18-15-6-8-16(9-7-15)22-11-13-4-3-5-14(10-13)17(20)21-2/h3-10H,11H2,1-2H3,(H,18,19). The van der Waals surface area contributed by atoms with Crippen LogP contribution in [0.3, 0.4) is 0 Å².